The van der Waals surface area contributed by atoms with Crippen molar-refractivity contribution in [2.75, 3.05) is 0 Å². The molecule has 1 heterocycles. The van der Waals surface area contributed by atoms with Crippen LogP contribution in [0.25, 0.3) is 0 Å². The Labute approximate surface area is 76.2 Å². The highest BCUT2D eigenvalue weighted by atomic mass is 16.4. The van der Waals surface area contributed by atoms with Gasteiger partial charge in [0.05, 0.1) is 24.5 Å². The average Bonchev–Trinajstić information content (AvgIpc) is 2.50. The molecule has 3 N–H and O–H groups in total. The first kappa shape index (κ1) is 9.73. The van der Waals surface area contributed by atoms with E-state index in [0.717, 1.165) is 6.54 Å². The zero-order valence-electron chi connectivity index (χ0n) is 7.47. The van der Waals surface area contributed by atoms with Gasteiger partial charge < -0.3 is 15.4 Å². The number of aryl methyl sites for hydroxylation is 1. The van der Waals surface area contributed by atoms with Crippen LogP contribution < -0.4 is 5.73 Å². The molecule has 1 rings (SSSR count). The Hall–Kier alpha value is -1.36. The summed E-state index contributed by atoms with van der Waals surface area (Å²) < 4.78 is 1.86. The summed E-state index contributed by atoms with van der Waals surface area (Å²) in [6, 6.07) is -0.509. The fraction of sp³-hybridized carbons (Fsp3) is 0.500. The molecule has 0 spiro atoms. The minimum absolute atomic E-state index is 0.0826. The molecule has 1 atom stereocenters. The molecule has 13 heavy (non-hydrogen) atoms. The summed E-state index contributed by atoms with van der Waals surface area (Å²) in [7, 11) is 0. The fourth-order valence-electron chi connectivity index (χ4n) is 1.03. The lowest BCUT2D eigenvalue weighted by atomic mass is 10.2. The second kappa shape index (κ2) is 4.04. The van der Waals surface area contributed by atoms with Crippen molar-refractivity contribution in [2.24, 2.45) is 5.73 Å². The van der Waals surface area contributed by atoms with Crippen molar-refractivity contribution in [3.05, 3.63) is 18.2 Å². The van der Waals surface area contributed by atoms with E-state index in [2.05, 4.69) is 4.98 Å². The van der Waals surface area contributed by atoms with Crippen LogP contribution in [0.3, 0.4) is 0 Å². The van der Waals surface area contributed by atoms with E-state index in [1.807, 2.05) is 11.5 Å². The normalized spacial score (nSPS) is 12.8. The van der Waals surface area contributed by atoms with Crippen LogP contribution in [0.1, 0.15) is 25.1 Å². The van der Waals surface area contributed by atoms with Crippen molar-refractivity contribution >= 4 is 5.97 Å². The molecule has 1 aromatic heterocycles. The molecular weight excluding hydrogens is 170 g/mol. The maximum atomic E-state index is 10.3. The smallest absolute Gasteiger partial charge is 0.305 e. The molecule has 0 fully saturated rings. The van der Waals surface area contributed by atoms with Crippen LogP contribution in [0.2, 0.25) is 0 Å². The molecule has 0 aliphatic heterocycles. The number of aliphatic carboxylic acids is 1. The summed E-state index contributed by atoms with van der Waals surface area (Å²) in [5, 5.41) is 8.49. The van der Waals surface area contributed by atoms with E-state index >= 15 is 0 Å². The maximum absolute atomic E-state index is 10.3. The highest BCUT2D eigenvalue weighted by Crippen LogP contribution is 2.10. The van der Waals surface area contributed by atoms with Crippen LogP contribution in [-0.2, 0) is 11.3 Å². The first-order valence-electron chi connectivity index (χ1n) is 4.12. The van der Waals surface area contributed by atoms with Gasteiger partial charge in [0.15, 0.2) is 0 Å². The number of rotatable bonds is 4. The fourth-order valence-corrected chi connectivity index (χ4v) is 1.03. The SMILES string of the molecule is CCn1cnc(C(N)CC(=O)O)c1. The van der Waals surface area contributed by atoms with Crippen LogP contribution in [0.5, 0.6) is 0 Å². The molecule has 1 aromatic rings. The van der Waals surface area contributed by atoms with Gasteiger partial charge in [-0.3, -0.25) is 4.79 Å². The number of imidazole rings is 1. The summed E-state index contributed by atoms with van der Waals surface area (Å²) in [4.78, 5) is 14.4. The molecule has 0 aliphatic rings. The zero-order chi connectivity index (χ0) is 9.84. The van der Waals surface area contributed by atoms with Gasteiger partial charge in [-0.25, -0.2) is 4.98 Å². The Morgan fingerprint density at radius 1 is 1.85 bits per heavy atom. The van der Waals surface area contributed by atoms with Crippen LogP contribution in [0, 0.1) is 0 Å². The van der Waals surface area contributed by atoms with E-state index in [-0.39, 0.29) is 6.42 Å². The molecule has 5 heteroatoms. The number of aromatic nitrogens is 2. The third kappa shape index (κ3) is 2.55. The van der Waals surface area contributed by atoms with Gasteiger partial charge in [-0.05, 0) is 6.92 Å². The second-order valence-corrected chi connectivity index (χ2v) is 2.83. The van der Waals surface area contributed by atoms with Gasteiger partial charge in [-0.1, -0.05) is 0 Å². The van der Waals surface area contributed by atoms with E-state index in [1.165, 1.54) is 0 Å². The van der Waals surface area contributed by atoms with Gasteiger partial charge in [-0.15, -0.1) is 0 Å². The van der Waals surface area contributed by atoms with Gasteiger partial charge in [0.25, 0.3) is 0 Å². The highest BCUT2D eigenvalue weighted by molar-refractivity contribution is 5.67. The lowest BCUT2D eigenvalue weighted by Crippen LogP contribution is -2.15. The van der Waals surface area contributed by atoms with E-state index in [1.54, 1.807) is 12.5 Å². The molecule has 0 saturated carbocycles. The quantitative estimate of drug-likeness (QED) is 0.707. The Balaban J connectivity index is 2.65. The highest BCUT2D eigenvalue weighted by Gasteiger charge is 2.12. The molecule has 0 radical (unpaired) electrons. The molecule has 5 nitrogen and oxygen atoms in total. The largest absolute Gasteiger partial charge is 0.481 e. The van der Waals surface area contributed by atoms with Crippen LogP contribution in [-0.4, -0.2) is 20.6 Å². The third-order valence-corrected chi connectivity index (χ3v) is 1.79. The summed E-state index contributed by atoms with van der Waals surface area (Å²) in [5.74, 6) is -0.904. The van der Waals surface area contributed by atoms with E-state index < -0.39 is 12.0 Å². The number of hydrogen-bond donors (Lipinski definition) is 2. The minimum atomic E-state index is -0.904. The Morgan fingerprint density at radius 3 is 3.00 bits per heavy atom. The Kier molecular flexibility index (Phi) is 3.02. The molecule has 1 unspecified atom stereocenters. The van der Waals surface area contributed by atoms with Crippen molar-refractivity contribution in [3.63, 3.8) is 0 Å². The predicted molar refractivity (Wildman–Crippen MR) is 47.1 cm³/mol. The number of nitrogens with zero attached hydrogens (tertiary/aromatic N) is 2. The molecule has 0 amide bonds. The maximum Gasteiger partial charge on any atom is 0.305 e. The number of carboxylic acid groups (broad SMARTS) is 1. The summed E-state index contributed by atoms with van der Waals surface area (Å²) in [5.41, 5.74) is 6.24. The molecule has 0 aromatic carbocycles. The Bertz CT molecular complexity index is 295. The summed E-state index contributed by atoms with van der Waals surface area (Å²) >= 11 is 0. The van der Waals surface area contributed by atoms with Crippen molar-refractivity contribution in [3.8, 4) is 0 Å². The van der Waals surface area contributed by atoms with E-state index in [0.29, 0.717) is 5.69 Å². The van der Waals surface area contributed by atoms with Crippen molar-refractivity contribution in [1.29, 1.82) is 0 Å². The summed E-state index contributed by atoms with van der Waals surface area (Å²) in [6.07, 6.45) is 3.34. The van der Waals surface area contributed by atoms with Crippen LogP contribution in [0.4, 0.5) is 0 Å². The van der Waals surface area contributed by atoms with Crippen molar-refractivity contribution < 1.29 is 9.90 Å². The monoisotopic (exact) mass is 183 g/mol. The number of hydrogen-bond acceptors (Lipinski definition) is 3. The number of carboxylic acids is 1. The zero-order valence-corrected chi connectivity index (χ0v) is 7.47. The minimum Gasteiger partial charge on any atom is -0.481 e. The van der Waals surface area contributed by atoms with Crippen molar-refractivity contribution in [2.45, 2.75) is 25.9 Å². The lowest BCUT2D eigenvalue weighted by molar-refractivity contribution is -0.137. The van der Waals surface area contributed by atoms with Gasteiger partial charge in [0, 0.05) is 12.7 Å². The molecule has 0 saturated heterocycles. The Morgan fingerprint density at radius 2 is 2.54 bits per heavy atom. The molecule has 72 valence electrons. The number of carbonyl (C=O) groups is 1. The van der Waals surface area contributed by atoms with Crippen molar-refractivity contribution in [1.82, 2.24) is 9.55 Å². The van der Waals surface area contributed by atoms with E-state index in [9.17, 15) is 4.79 Å². The third-order valence-electron chi connectivity index (χ3n) is 1.79. The van der Waals surface area contributed by atoms with Crippen LogP contribution in [0.15, 0.2) is 12.5 Å². The van der Waals surface area contributed by atoms with Gasteiger partial charge in [0.1, 0.15) is 0 Å². The average molecular weight is 183 g/mol. The summed E-state index contributed by atoms with van der Waals surface area (Å²) in [6.45, 7) is 2.79. The first-order valence-corrected chi connectivity index (χ1v) is 4.12. The van der Waals surface area contributed by atoms with Gasteiger partial charge >= 0.3 is 5.97 Å². The second-order valence-electron chi connectivity index (χ2n) is 2.83. The lowest BCUT2D eigenvalue weighted by Gasteiger charge is -2.03. The number of nitrogens with two attached hydrogens (primary N) is 1. The molecule has 0 bridgehead atoms. The van der Waals surface area contributed by atoms with Crippen LogP contribution >= 0.6 is 0 Å². The topological polar surface area (TPSA) is 81.1 Å². The van der Waals surface area contributed by atoms with Gasteiger partial charge in [0.2, 0.25) is 0 Å². The standard InChI is InChI=1S/C8H13N3O2/c1-2-11-4-7(10-5-11)6(9)3-8(12)13/h4-6H,2-3,9H2,1H3,(H,12,13). The molecule has 0 aliphatic carbocycles. The van der Waals surface area contributed by atoms with E-state index in [4.69, 9.17) is 10.8 Å². The predicted octanol–water partition coefficient (Wildman–Crippen LogP) is 0.377. The first-order chi connectivity index (χ1) is 6.13. The molecular formula is C8H13N3O2. The van der Waals surface area contributed by atoms with Gasteiger partial charge in [-0.2, -0.15) is 0 Å².